The van der Waals surface area contributed by atoms with Crippen molar-refractivity contribution in [3.05, 3.63) is 29.3 Å². The van der Waals surface area contributed by atoms with Crippen LogP contribution in [0.4, 0.5) is 0 Å². The molecule has 0 aromatic heterocycles. The van der Waals surface area contributed by atoms with Crippen molar-refractivity contribution in [3.8, 4) is 5.75 Å². The molecule has 0 heterocycles. The van der Waals surface area contributed by atoms with E-state index in [1.165, 1.54) is 12.1 Å². The van der Waals surface area contributed by atoms with E-state index in [9.17, 15) is 9.59 Å². The number of phenols is 1. The number of hydrogen-bond acceptors (Lipinski definition) is 3. The Morgan fingerprint density at radius 1 is 1.43 bits per heavy atom. The van der Waals surface area contributed by atoms with Gasteiger partial charge >= 0.3 is 5.97 Å². The van der Waals surface area contributed by atoms with E-state index in [-0.39, 0.29) is 12.2 Å². The highest BCUT2D eigenvalue weighted by Gasteiger charge is 2.05. The van der Waals surface area contributed by atoms with Crippen LogP contribution in [0, 0.1) is 0 Å². The Labute approximate surface area is 80.8 Å². The number of aromatic hydroxyl groups is 1. The smallest absolute Gasteiger partial charge is 0.303 e. The highest BCUT2D eigenvalue weighted by molar-refractivity contribution is 5.78. The average Bonchev–Trinajstić information content (AvgIpc) is 2.15. The first-order chi connectivity index (χ1) is 6.63. The fourth-order valence-electron chi connectivity index (χ4n) is 1.16. The Morgan fingerprint density at radius 3 is 2.71 bits per heavy atom. The van der Waals surface area contributed by atoms with Gasteiger partial charge < -0.3 is 10.2 Å². The van der Waals surface area contributed by atoms with Crippen molar-refractivity contribution in [2.45, 2.75) is 12.8 Å². The maximum atomic E-state index is 10.6. The van der Waals surface area contributed by atoms with Gasteiger partial charge in [0, 0.05) is 12.0 Å². The van der Waals surface area contributed by atoms with Crippen molar-refractivity contribution in [1.29, 1.82) is 0 Å². The van der Waals surface area contributed by atoms with E-state index in [4.69, 9.17) is 10.2 Å². The van der Waals surface area contributed by atoms with Crippen LogP contribution in [0.5, 0.6) is 5.75 Å². The van der Waals surface area contributed by atoms with Crippen LogP contribution in [-0.4, -0.2) is 22.5 Å². The molecule has 0 atom stereocenters. The van der Waals surface area contributed by atoms with Crippen molar-refractivity contribution >= 4 is 12.3 Å². The van der Waals surface area contributed by atoms with E-state index in [0.717, 1.165) is 0 Å². The van der Waals surface area contributed by atoms with E-state index in [0.29, 0.717) is 23.8 Å². The second kappa shape index (κ2) is 4.41. The molecule has 74 valence electrons. The van der Waals surface area contributed by atoms with Crippen LogP contribution in [0.2, 0.25) is 0 Å². The summed E-state index contributed by atoms with van der Waals surface area (Å²) in [6.45, 7) is 0. The average molecular weight is 194 g/mol. The van der Waals surface area contributed by atoms with Gasteiger partial charge in [-0.15, -0.1) is 0 Å². The first-order valence-corrected chi connectivity index (χ1v) is 4.12. The second-order valence-electron chi connectivity index (χ2n) is 2.89. The van der Waals surface area contributed by atoms with Crippen molar-refractivity contribution in [2.24, 2.45) is 0 Å². The molecule has 0 radical (unpaired) electrons. The number of carboxylic acids is 1. The number of carbonyl (C=O) groups excluding carboxylic acids is 1. The van der Waals surface area contributed by atoms with E-state index in [1.807, 2.05) is 0 Å². The molecule has 14 heavy (non-hydrogen) atoms. The Morgan fingerprint density at radius 2 is 2.14 bits per heavy atom. The zero-order valence-electron chi connectivity index (χ0n) is 7.43. The minimum Gasteiger partial charge on any atom is -0.508 e. The third kappa shape index (κ3) is 2.58. The zero-order chi connectivity index (χ0) is 10.6. The molecule has 2 N–H and O–H groups in total. The Balaban J connectivity index is 2.85. The number of aliphatic carboxylic acids is 1. The van der Waals surface area contributed by atoms with E-state index in [2.05, 4.69) is 0 Å². The number of carbonyl (C=O) groups is 2. The molecule has 0 unspecified atom stereocenters. The maximum absolute atomic E-state index is 10.6. The van der Waals surface area contributed by atoms with Crippen molar-refractivity contribution in [3.63, 3.8) is 0 Å². The summed E-state index contributed by atoms with van der Waals surface area (Å²) in [5.41, 5.74) is 0.978. The SMILES string of the molecule is O=Cc1cc(O)ccc1CCC(=O)O. The number of phenolic OH excluding ortho intramolecular Hbond substituents is 1. The van der Waals surface area contributed by atoms with Crippen LogP contribution in [-0.2, 0) is 11.2 Å². The predicted molar refractivity (Wildman–Crippen MR) is 49.5 cm³/mol. The summed E-state index contributed by atoms with van der Waals surface area (Å²) < 4.78 is 0. The van der Waals surface area contributed by atoms with Gasteiger partial charge in [-0.2, -0.15) is 0 Å². The number of aryl methyl sites for hydroxylation is 1. The lowest BCUT2D eigenvalue weighted by Crippen LogP contribution is -2.00. The fraction of sp³-hybridized carbons (Fsp3) is 0.200. The van der Waals surface area contributed by atoms with Crippen LogP contribution in [0.15, 0.2) is 18.2 Å². The summed E-state index contributed by atoms with van der Waals surface area (Å²) in [6.07, 6.45) is 0.881. The van der Waals surface area contributed by atoms with Gasteiger partial charge in [0.15, 0.2) is 0 Å². The third-order valence-corrected chi connectivity index (χ3v) is 1.86. The maximum Gasteiger partial charge on any atom is 0.303 e. The van der Waals surface area contributed by atoms with E-state index < -0.39 is 5.97 Å². The molecule has 0 aliphatic heterocycles. The quantitative estimate of drug-likeness (QED) is 0.707. The molecule has 0 spiro atoms. The summed E-state index contributed by atoms with van der Waals surface area (Å²) in [7, 11) is 0. The van der Waals surface area contributed by atoms with Crippen LogP contribution in [0.3, 0.4) is 0 Å². The van der Waals surface area contributed by atoms with Gasteiger partial charge in [-0.3, -0.25) is 9.59 Å². The molecule has 4 nitrogen and oxygen atoms in total. The number of hydrogen-bond donors (Lipinski definition) is 2. The van der Waals surface area contributed by atoms with E-state index in [1.54, 1.807) is 6.07 Å². The molecule has 1 aromatic rings. The molecular weight excluding hydrogens is 184 g/mol. The minimum absolute atomic E-state index is 0.00572. The first kappa shape index (κ1) is 10.2. The first-order valence-electron chi connectivity index (χ1n) is 4.12. The molecule has 1 aromatic carbocycles. The lowest BCUT2D eigenvalue weighted by molar-refractivity contribution is -0.136. The van der Waals surface area contributed by atoms with Crippen LogP contribution >= 0.6 is 0 Å². The number of benzene rings is 1. The number of carboxylic acid groups (broad SMARTS) is 1. The summed E-state index contributed by atoms with van der Waals surface area (Å²) in [5, 5.41) is 17.5. The highest BCUT2D eigenvalue weighted by atomic mass is 16.4. The second-order valence-corrected chi connectivity index (χ2v) is 2.89. The van der Waals surface area contributed by atoms with Crippen LogP contribution in [0.1, 0.15) is 22.3 Å². The van der Waals surface area contributed by atoms with Crippen molar-refractivity contribution < 1.29 is 19.8 Å². The fourth-order valence-corrected chi connectivity index (χ4v) is 1.16. The predicted octanol–water partition coefficient (Wildman–Crippen LogP) is 1.22. The molecule has 0 saturated carbocycles. The molecule has 4 heteroatoms. The number of rotatable bonds is 4. The molecule has 0 bridgehead atoms. The molecule has 0 aliphatic carbocycles. The summed E-state index contributed by atoms with van der Waals surface area (Å²) in [6, 6.07) is 4.32. The number of aldehydes is 1. The van der Waals surface area contributed by atoms with Crippen LogP contribution in [0.25, 0.3) is 0 Å². The third-order valence-electron chi connectivity index (χ3n) is 1.86. The normalized spacial score (nSPS) is 9.71. The molecular formula is C10H10O4. The monoisotopic (exact) mass is 194 g/mol. The van der Waals surface area contributed by atoms with Gasteiger partial charge in [-0.05, 0) is 24.1 Å². The Kier molecular flexibility index (Phi) is 3.23. The topological polar surface area (TPSA) is 74.6 Å². The van der Waals surface area contributed by atoms with Gasteiger partial charge in [0.25, 0.3) is 0 Å². The van der Waals surface area contributed by atoms with Crippen molar-refractivity contribution in [2.75, 3.05) is 0 Å². The lowest BCUT2D eigenvalue weighted by atomic mass is 10.0. The van der Waals surface area contributed by atoms with E-state index >= 15 is 0 Å². The highest BCUT2D eigenvalue weighted by Crippen LogP contribution is 2.16. The van der Waals surface area contributed by atoms with Crippen LogP contribution < -0.4 is 0 Å². The summed E-state index contributed by atoms with van der Waals surface area (Å²) in [4.78, 5) is 20.9. The summed E-state index contributed by atoms with van der Waals surface area (Å²) >= 11 is 0. The van der Waals surface area contributed by atoms with Crippen molar-refractivity contribution in [1.82, 2.24) is 0 Å². The minimum atomic E-state index is -0.907. The Hall–Kier alpha value is -1.84. The molecule has 0 saturated heterocycles. The molecule has 0 fully saturated rings. The van der Waals surface area contributed by atoms with Gasteiger partial charge in [0.1, 0.15) is 12.0 Å². The largest absolute Gasteiger partial charge is 0.508 e. The van der Waals surface area contributed by atoms with Gasteiger partial charge in [-0.1, -0.05) is 6.07 Å². The standard InChI is InChI=1S/C10H10O4/c11-6-8-5-9(12)3-1-7(8)2-4-10(13)14/h1,3,5-6,12H,2,4H2,(H,13,14). The molecule has 0 amide bonds. The molecule has 0 aliphatic rings. The lowest BCUT2D eigenvalue weighted by Gasteiger charge is -2.02. The summed E-state index contributed by atoms with van der Waals surface area (Å²) in [5.74, 6) is -0.902. The van der Waals surface area contributed by atoms with Gasteiger partial charge in [0.05, 0.1) is 0 Å². The zero-order valence-corrected chi connectivity index (χ0v) is 7.43. The van der Waals surface area contributed by atoms with Gasteiger partial charge in [0.2, 0.25) is 0 Å². The Bertz CT molecular complexity index is 357. The molecule has 1 rings (SSSR count). The van der Waals surface area contributed by atoms with Gasteiger partial charge in [-0.25, -0.2) is 0 Å².